The fourth-order valence-corrected chi connectivity index (χ4v) is 5.22. The molecule has 0 radical (unpaired) electrons. The molecule has 5 aromatic rings. The van der Waals surface area contributed by atoms with Crippen LogP contribution in [0.3, 0.4) is 0 Å². The average Bonchev–Trinajstić information content (AvgIpc) is 3.20. The van der Waals surface area contributed by atoms with E-state index in [0.29, 0.717) is 26.9 Å². The van der Waals surface area contributed by atoms with Crippen molar-refractivity contribution >= 4 is 65.2 Å². The smallest absolute Gasteiger partial charge is 0.255 e. The third-order valence-electron chi connectivity index (χ3n) is 5.76. The Bertz CT molecular complexity index is 1720. The number of hydrogen-bond acceptors (Lipinski definition) is 4. The molecule has 0 spiro atoms. The van der Waals surface area contributed by atoms with Gasteiger partial charge < -0.3 is 9.73 Å². The number of para-hydroxylation sites is 1. The number of benzene rings is 4. The van der Waals surface area contributed by atoms with E-state index in [4.69, 9.17) is 4.42 Å². The highest BCUT2D eigenvalue weighted by Gasteiger charge is 2.21. The van der Waals surface area contributed by atoms with Crippen LogP contribution in [0.25, 0.3) is 21.9 Å². The molecular formula is C27H20BrFN2O4S. The highest BCUT2D eigenvalue weighted by molar-refractivity contribution is 9.10. The number of sulfonamides is 1. The molecule has 0 fully saturated rings. The third kappa shape index (κ3) is 4.84. The highest BCUT2D eigenvalue weighted by Crippen LogP contribution is 2.31. The minimum Gasteiger partial charge on any atom is -0.456 e. The van der Waals surface area contributed by atoms with Crippen molar-refractivity contribution in [2.24, 2.45) is 0 Å². The molecule has 6 nitrogen and oxygen atoms in total. The second kappa shape index (κ2) is 9.40. The molecule has 0 bridgehead atoms. The van der Waals surface area contributed by atoms with E-state index >= 15 is 0 Å². The van der Waals surface area contributed by atoms with E-state index in [1.807, 2.05) is 36.4 Å². The summed E-state index contributed by atoms with van der Waals surface area (Å²) in [5.41, 5.74) is 2.98. The van der Waals surface area contributed by atoms with Crippen molar-refractivity contribution in [3.8, 4) is 0 Å². The van der Waals surface area contributed by atoms with Gasteiger partial charge in [-0.3, -0.25) is 9.10 Å². The van der Waals surface area contributed by atoms with Gasteiger partial charge in [0.1, 0.15) is 17.0 Å². The van der Waals surface area contributed by atoms with Crippen molar-refractivity contribution in [3.63, 3.8) is 0 Å². The number of carbonyl (C=O) groups is 1. The normalized spacial score (nSPS) is 11.6. The van der Waals surface area contributed by atoms with E-state index in [2.05, 4.69) is 21.2 Å². The molecule has 1 N–H and O–H groups in total. The van der Waals surface area contributed by atoms with Crippen molar-refractivity contribution in [2.45, 2.75) is 6.54 Å². The lowest BCUT2D eigenvalue weighted by Crippen LogP contribution is -2.30. The van der Waals surface area contributed by atoms with Crippen LogP contribution in [0, 0.1) is 5.82 Å². The predicted molar refractivity (Wildman–Crippen MR) is 143 cm³/mol. The number of nitrogens with zero attached hydrogens (tertiary/aromatic N) is 1. The largest absolute Gasteiger partial charge is 0.456 e. The molecule has 1 aromatic heterocycles. The molecule has 182 valence electrons. The topological polar surface area (TPSA) is 79.6 Å². The third-order valence-corrected chi connectivity index (χ3v) is 7.38. The average molecular weight is 567 g/mol. The molecule has 0 saturated carbocycles. The van der Waals surface area contributed by atoms with Crippen LogP contribution in [0.1, 0.15) is 15.9 Å². The molecule has 0 unspecified atom stereocenters. The molecule has 36 heavy (non-hydrogen) atoms. The van der Waals surface area contributed by atoms with Gasteiger partial charge in [0, 0.05) is 32.6 Å². The van der Waals surface area contributed by atoms with Crippen LogP contribution in [0.15, 0.2) is 93.8 Å². The summed E-state index contributed by atoms with van der Waals surface area (Å²) in [4.78, 5) is 12.8. The fraction of sp³-hybridized carbons (Fsp3) is 0.0741. The second-order valence-corrected chi connectivity index (χ2v) is 11.1. The van der Waals surface area contributed by atoms with E-state index in [0.717, 1.165) is 26.9 Å². The van der Waals surface area contributed by atoms with Crippen LogP contribution < -0.4 is 9.62 Å². The van der Waals surface area contributed by atoms with Gasteiger partial charge in [0.25, 0.3) is 5.91 Å². The maximum absolute atomic E-state index is 14.5. The van der Waals surface area contributed by atoms with Gasteiger partial charge in [0.15, 0.2) is 0 Å². The van der Waals surface area contributed by atoms with Gasteiger partial charge in [-0.05, 0) is 54.1 Å². The molecule has 1 amide bonds. The zero-order valence-electron chi connectivity index (χ0n) is 19.0. The molecular weight excluding hydrogens is 547 g/mol. The minimum atomic E-state index is -3.76. The first-order valence-electron chi connectivity index (χ1n) is 10.9. The Kier molecular flexibility index (Phi) is 6.27. The van der Waals surface area contributed by atoms with E-state index in [1.165, 1.54) is 12.1 Å². The maximum Gasteiger partial charge on any atom is 0.255 e. The molecule has 0 atom stereocenters. The first kappa shape index (κ1) is 24.0. The summed E-state index contributed by atoms with van der Waals surface area (Å²) >= 11 is 3.18. The number of fused-ring (bicyclic) bond motifs is 3. The number of hydrogen-bond donors (Lipinski definition) is 1. The zero-order chi connectivity index (χ0) is 25.4. The number of nitrogens with one attached hydrogen (secondary N) is 1. The summed E-state index contributed by atoms with van der Waals surface area (Å²) in [6.45, 7) is -0.0813. The minimum absolute atomic E-state index is 0.0523. The Morgan fingerprint density at radius 2 is 1.67 bits per heavy atom. The van der Waals surface area contributed by atoms with Gasteiger partial charge >= 0.3 is 0 Å². The second-order valence-electron chi connectivity index (χ2n) is 8.33. The standard InChI is InChI=1S/C27H20BrFN2O4S/c1-36(33,34)31(24-13-10-19(28)14-23(24)29)16-17-6-8-18(9-7-17)27(32)30-20-11-12-22-21-4-2-3-5-25(21)35-26(22)15-20/h2-15H,16H2,1H3,(H,30,32). The molecule has 1 heterocycles. The van der Waals surface area contributed by atoms with Crippen LogP contribution in [0.4, 0.5) is 15.8 Å². The van der Waals surface area contributed by atoms with Crippen molar-refractivity contribution in [3.05, 3.63) is 106 Å². The zero-order valence-corrected chi connectivity index (χ0v) is 21.4. The van der Waals surface area contributed by atoms with E-state index < -0.39 is 15.8 Å². The van der Waals surface area contributed by atoms with E-state index in [9.17, 15) is 17.6 Å². The van der Waals surface area contributed by atoms with E-state index in [1.54, 1.807) is 36.4 Å². The lowest BCUT2D eigenvalue weighted by atomic mass is 10.1. The summed E-state index contributed by atoms with van der Waals surface area (Å²) in [7, 11) is -3.76. The highest BCUT2D eigenvalue weighted by atomic mass is 79.9. The van der Waals surface area contributed by atoms with Crippen LogP contribution in [0.2, 0.25) is 0 Å². The lowest BCUT2D eigenvalue weighted by Gasteiger charge is -2.23. The van der Waals surface area contributed by atoms with Crippen LogP contribution in [-0.2, 0) is 16.6 Å². The molecule has 0 aliphatic rings. The van der Waals surface area contributed by atoms with Gasteiger partial charge in [-0.2, -0.15) is 0 Å². The summed E-state index contributed by atoms with van der Waals surface area (Å²) in [6.07, 6.45) is 1.02. The first-order valence-corrected chi connectivity index (χ1v) is 13.6. The molecule has 0 aliphatic carbocycles. The molecule has 4 aromatic carbocycles. The quantitative estimate of drug-likeness (QED) is 0.248. The Hall–Kier alpha value is -3.69. The summed E-state index contributed by atoms with van der Waals surface area (Å²) in [6, 6.07) is 23.9. The number of furan rings is 1. The number of rotatable bonds is 6. The fourth-order valence-electron chi connectivity index (χ4n) is 4.00. The molecule has 0 saturated heterocycles. The van der Waals surface area contributed by atoms with E-state index in [-0.39, 0.29) is 18.1 Å². The Balaban J connectivity index is 1.34. The summed E-state index contributed by atoms with van der Waals surface area (Å²) < 4.78 is 46.6. The Morgan fingerprint density at radius 1 is 0.944 bits per heavy atom. The van der Waals surface area contributed by atoms with Crippen molar-refractivity contribution in [1.29, 1.82) is 0 Å². The molecule has 9 heteroatoms. The SMILES string of the molecule is CS(=O)(=O)N(Cc1ccc(C(=O)Nc2ccc3c(c2)oc2ccccc23)cc1)c1ccc(Br)cc1F. The number of halogens is 2. The van der Waals surface area contributed by atoms with Crippen LogP contribution >= 0.6 is 15.9 Å². The number of carbonyl (C=O) groups excluding carboxylic acids is 1. The van der Waals surface area contributed by atoms with Gasteiger partial charge in [0.2, 0.25) is 10.0 Å². The summed E-state index contributed by atoms with van der Waals surface area (Å²) in [5.74, 6) is -0.983. The monoisotopic (exact) mass is 566 g/mol. The Morgan fingerprint density at radius 3 is 2.39 bits per heavy atom. The van der Waals surface area contributed by atoms with Gasteiger partial charge in [-0.1, -0.05) is 46.3 Å². The molecule has 0 aliphatic heterocycles. The van der Waals surface area contributed by atoms with Crippen molar-refractivity contribution in [2.75, 3.05) is 15.9 Å². The lowest BCUT2D eigenvalue weighted by molar-refractivity contribution is 0.102. The van der Waals surface area contributed by atoms with Gasteiger partial charge in [0.05, 0.1) is 18.5 Å². The number of anilines is 2. The summed E-state index contributed by atoms with van der Waals surface area (Å²) in [5, 5.41) is 4.83. The Labute approximate surface area is 215 Å². The van der Waals surface area contributed by atoms with Gasteiger partial charge in [-0.25, -0.2) is 12.8 Å². The first-order chi connectivity index (χ1) is 17.2. The van der Waals surface area contributed by atoms with Gasteiger partial charge in [-0.15, -0.1) is 0 Å². The predicted octanol–water partition coefficient (Wildman–Crippen LogP) is 6.71. The number of amides is 1. The van der Waals surface area contributed by atoms with Crippen LogP contribution in [0.5, 0.6) is 0 Å². The van der Waals surface area contributed by atoms with Crippen molar-refractivity contribution < 1.29 is 22.0 Å². The van der Waals surface area contributed by atoms with Crippen molar-refractivity contribution in [1.82, 2.24) is 0 Å². The van der Waals surface area contributed by atoms with Crippen LogP contribution in [-0.4, -0.2) is 20.6 Å². The molecule has 5 rings (SSSR count). The maximum atomic E-state index is 14.5.